The Kier molecular flexibility index (Phi) is 6.16. The summed E-state index contributed by atoms with van der Waals surface area (Å²) in [6.07, 6.45) is 0.889. The minimum atomic E-state index is -0.982. The van der Waals surface area contributed by atoms with E-state index in [-0.39, 0.29) is 35.0 Å². The number of carbonyl (C=O) groups excluding carboxylic acids is 1. The molecule has 2 aliphatic heterocycles. The fraction of sp³-hybridized carbons (Fsp3) is 0.450. The average molecular weight is 515 g/mol. The first-order valence-corrected chi connectivity index (χ1v) is 11.2. The number of imidazole rings is 1. The number of aromatic amines is 1. The van der Waals surface area contributed by atoms with E-state index in [4.69, 9.17) is 12.2 Å². The molecule has 3 heterocycles. The van der Waals surface area contributed by atoms with Gasteiger partial charge < -0.3 is 24.9 Å². The van der Waals surface area contributed by atoms with Gasteiger partial charge in [0, 0.05) is 42.5 Å². The standard InChI is InChI=1S/C20H21BrF2N4O3S/c21-12-3-4-13(22)17(18(12)23)10-6-15-14(25-19(31)27(15)9-10)7-16(28)24-8-11-2-1-5-26(11)20(29)30/h3-4,10-11H,1-2,5-9H2,(H,24,28)(H,25,31)(H,29,30)/t10-,11-/m1/s1. The number of carbonyl (C=O) groups is 2. The maximum absolute atomic E-state index is 14.6. The molecule has 0 aliphatic carbocycles. The van der Waals surface area contributed by atoms with Gasteiger partial charge in [0.2, 0.25) is 5.91 Å². The van der Waals surface area contributed by atoms with Crippen molar-refractivity contribution < 1.29 is 23.5 Å². The molecule has 3 N–H and O–H groups in total. The van der Waals surface area contributed by atoms with Crippen molar-refractivity contribution in [1.29, 1.82) is 0 Å². The number of rotatable bonds is 5. The van der Waals surface area contributed by atoms with E-state index < -0.39 is 23.6 Å². The summed E-state index contributed by atoms with van der Waals surface area (Å²) in [6.45, 7) is 1.05. The predicted molar refractivity (Wildman–Crippen MR) is 115 cm³/mol. The Morgan fingerprint density at radius 1 is 1.35 bits per heavy atom. The van der Waals surface area contributed by atoms with Crippen LogP contribution in [0.1, 0.15) is 35.7 Å². The number of hydrogen-bond acceptors (Lipinski definition) is 3. The highest BCUT2D eigenvalue weighted by molar-refractivity contribution is 9.10. The van der Waals surface area contributed by atoms with E-state index in [9.17, 15) is 23.5 Å². The minimum absolute atomic E-state index is 0.0119. The number of benzene rings is 1. The van der Waals surface area contributed by atoms with Gasteiger partial charge in [0.1, 0.15) is 11.6 Å². The Labute approximate surface area is 190 Å². The van der Waals surface area contributed by atoms with Gasteiger partial charge >= 0.3 is 6.09 Å². The number of halogens is 3. The van der Waals surface area contributed by atoms with Gasteiger partial charge in [0.05, 0.1) is 16.9 Å². The molecule has 0 bridgehead atoms. The highest BCUT2D eigenvalue weighted by atomic mass is 79.9. The Balaban J connectivity index is 1.45. The van der Waals surface area contributed by atoms with Crippen LogP contribution in [0.4, 0.5) is 13.6 Å². The number of likely N-dealkylation sites (tertiary alicyclic amines) is 1. The third-order valence-corrected chi connectivity index (χ3v) is 6.94. The summed E-state index contributed by atoms with van der Waals surface area (Å²) in [6, 6.07) is 2.34. The second-order valence-corrected chi connectivity index (χ2v) is 9.12. The molecule has 1 aromatic heterocycles. The number of carboxylic acid groups (broad SMARTS) is 1. The highest BCUT2D eigenvalue weighted by Crippen LogP contribution is 2.36. The third kappa shape index (κ3) is 4.25. The molecule has 0 spiro atoms. The normalized spacial score (nSPS) is 20.2. The first-order valence-electron chi connectivity index (χ1n) is 9.96. The lowest BCUT2D eigenvalue weighted by Gasteiger charge is -2.21. The Hall–Kier alpha value is -2.27. The average Bonchev–Trinajstić information content (AvgIpc) is 3.41. The predicted octanol–water partition coefficient (Wildman–Crippen LogP) is 3.73. The SMILES string of the molecule is O=C(Cc1[nH]c(=S)n2c1C[C@@H](c1c(F)ccc(Br)c1F)C2)NC[C@H]1CCCN1C(=O)O. The minimum Gasteiger partial charge on any atom is -0.465 e. The number of fused-ring (bicyclic) bond motifs is 1. The van der Waals surface area contributed by atoms with Gasteiger partial charge in [0.25, 0.3) is 0 Å². The van der Waals surface area contributed by atoms with Crippen LogP contribution in [0.2, 0.25) is 0 Å². The van der Waals surface area contributed by atoms with Crippen molar-refractivity contribution in [1.82, 2.24) is 19.8 Å². The monoisotopic (exact) mass is 514 g/mol. The smallest absolute Gasteiger partial charge is 0.407 e. The van der Waals surface area contributed by atoms with Crippen LogP contribution in [0.5, 0.6) is 0 Å². The van der Waals surface area contributed by atoms with E-state index >= 15 is 0 Å². The lowest BCUT2D eigenvalue weighted by atomic mass is 9.95. The van der Waals surface area contributed by atoms with Crippen LogP contribution in [0.3, 0.4) is 0 Å². The van der Waals surface area contributed by atoms with E-state index in [1.54, 1.807) is 4.57 Å². The molecule has 2 amide bonds. The molecule has 2 aromatic rings. The summed E-state index contributed by atoms with van der Waals surface area (Å²) >= 11 is 8.45. The van der Waals surface area contributed by atoms with Crippen molar-refractivity contribution in [3.8, 4) is 0 Å². The molecule has 7 nitrogen and oxygen atoms in total. The molecule has 1 aromatic carbocycles. The fourth-order valence-corrected chi connectivity index (χ4v) is 5.16. The quantitative estimate of drug-likeness (QED) is 0.418. The number of amides is 2. The summed E-state index contributed by atoms with van der Waals surface area (Å²) in [4.78, 5) is 28.1. The van der Waals surface area contributed by atoms with Crippen molar-refractivity contribution in [3.63, 3.8) is 0 Å². The molecule has 1 saturated heterocycles. The molecule has 4 rings (SSSR count). The van der Waals surface area contributed by atoms with Gasteiger partial charge in [-0.1, -0.05) is 0 Å². The fourth-order valence-electron chi connectivity index (χ4n) is 4.51. The Bertz CT molecular complexity index is 1100. The van der Waals surface area contributed by atoms with Crippen LogP contribution in [0, 0.1) is 16.4 Å². The van der Waals surface area contributed by atoms with Crippen LogP contribution in [-0.4, -0.2) is 50.7 Å². The number of H-pyrrole nitrogens is 1. The molecule has 2 aliphatic rings. The molecule has 0 radical (unpaired) electrons. The zero-order valence-corrected chi connectivity index (χ0v) is 18.9. The van der Waals surface area contributed by atoms with Crippen LogP contribution in [0.15, 0.2) is 16.6 Å². The van der Waals surface area contributed by atoms with Gasteiger partial charge in [-0.25, -0.2) is 13.6 Å². The van der Waals surface area contributed by atoms with Crippen molar-refractivity contribution in [2.75, 3.05) is 13.1 Å². The highest BCUT2D eigenvalue weighted by Gasteiger charge is 2.32. The van der Waals surface area contributed by atoms with Gasteiger partial charge in [0.15, 0.2) is 4.77 Å². The molecule has 2 atom stereocenters. The second kappa shape index (κ2) is 8.70. The van der Waals surface area contributed by atoms with Gasteiger partial charge in [-0.2, -0.15) is 0 Å². The van der Waals surface area contributed by atoms with E-state index in [0.717, 1.165) is 12.1 Å². The molecule has 31 heavy (non-hydrogen) atoms. The van der Waals surface area contributed by atoms with Crippen molar-refractivity contribution >= 4 is 40.1 Å². The lowest BCUT2D eigenvalue weighted by Crippen LogP contribution is -2.42. The number of aromatic nitrogens is 2. The van der Waals surface area contributed by atoms with Gasteiger partial charge in [-0.3, -0.25) is 4.79 Å². The van der Waals surface area contributed by atoms with Crippen molar-refractivity contribution in [2.45, 2.75) is 44.2 Å². The maximum atomic E-state index is 14.6. The molecule has 166 valence electrons. The number of nitrogens with one attached hydrogen (secondary N) is 2. The van der Waals surface area contributed by atoms with Crippen LogP contribution in [0.25, 0.3) is 0 Å². The van der Waals surface area contributed by atoms with E-state index in [2.05, 4.69) is 26.2 Å². The zero-order valence-electron chi connectivity index (χ0n) is 16.5. The first-order chi connectivity index (χ1) is 14.8. The summed E-state index contributed by atoms with van der Waals surface area (Å²) in [5.74, 6) is -1.91. The van der Waals surface area contributed by atoms with E-state index in [1.807, 2.05) is 0 Å². The first kappa shape index (κ1) is 21.9. The Morgan fingerprint density at radius 3 is 2.87 bits per heavy atom. The molecule has 0 saturated carbocycles. The van der Waals surface area contributed by atoms with Crippen LogP contribution in [-0.2, 0) is 24.2 Å². The summed E-state index contributed by atoms with van der Waals surface area (Å²) in [7, 11) is 0. The summed E-state index contributed by atoms with van der Waals surface area (Å²) in [5.41, 5.74) is 1.39. The van der Waals surface area contributed by atoms with Gasteiger partial charge in [-0.15, -0.1) is 0 Å². The molecular formula is C20H21BrF2N4O3S. The van der Waals surface area contributed by atoms with E-state index in [0.29, 0.717) is 36.4 Å². The molecule has 0 unspecified atom stereocenters. The second-order valence-electron chi connectivity index (χ2n) is 7.88. The van der Waals surface area contributed by atoms with Crippen LogP contribution >= 0.6 is 28.1 Å². The molecule has 11 heteroatoms. The van der Waals surface area contributed by atoms with Crippen molar-refractivity contribution in [3.05, 3.63) is 50.0 Å². The van der Waals surface area contributed by atoms with Crippen LogP contribution < -0.4 is 5.32 Å². The molecule has 1 fully saturated rings. The summed E-state index contributed by atoms with van der Waals surface area (Å²) in [5, 5.41) is 12.0. The maximum Gasteiger partial charge on any atom is 0.407 e. The van der Waals surface area contributed by atoms with Crippen molar-refractivity contribution in [2.24, 2.45) is 0 Å². The molecular weight excluding hydrogens is 494 g/mol. The zero-order chi connectivity index (χ0) is 22.3. The Morgan fingerprint density at radius 2 is 2.13 bits per heavy atom. The largest absolute Gasteiger partial charge is 0.465 e. The summed E-state index contributed by atoms with van der Waals surface area (Å²) < 4.78 is 31.3. The third-order valence-electron chi connectivity index (χ3n) is 6.00. The number of hydrogen-bond donors (Lipinski definition) is 3. The number of nitrogens with zero attached hydrogens (tertiary/aromatic N) is 2. The lowest BCUT2D eigenvalue weighted by molar-refractivity contribution is -0.120. The topological polar surface area (TPSA) is 90.4 Å². The van der Waals surface area contributed by atoms with Gasteiger partial charge in [-0.05, 0) is 59.5 Å². The van der Waals surface area contributed by atoms with E-state index in [1.165, 1.54) is 17.0 Å².